The molecule has 0 unspecified atom stereocenters. The molecule has 2 heterocycles. The predicted octanol–water partition coefficient (Wildman–Crippen LogP) is 1.73. The number of nitrogens with zero attached hydrogens (tertiary/aromatic N) is 4. The molecule has 0 atom stereocenters. The van der Waals surface area contributed by atoms with E-state index in [9.17, 15) is 0 Å². The van der Waals surface area contributed by atoms with Gasteiger partial charge in [0.25, 0.3) is 0 Å². The Bertz CT molecular complexity index is 554. The predicted molar refractivity (Wildman–Crippen MR) is 70.3 cm³/mol. The van der Waals surface area contributed by atoms with Crippen LogP contribution in [0.4, 0.5) is 11.5 Å². The van der Waals surface area contributed by atoms with Gasteiger partial charge in [-0.05, 0) is 25.4 Å². The molecule has 3 N–H and O–H groups in total. The van der Waals surface area contributed by atoms with Gasteiger partial charge >= 0.3 is 0 Å². The minimum atomic E-state index is 0.166. The molecule has 6 nitrogen and oxygen atoms in total. The number of nitrogens with two attached hydrogens (primary N) is 1. The van der Waals surface area contributed by atoms with Gasteiger partial charge in [-0.15, -0.1) is 0 Å². The van der Waals surface area contributed by atoms with Gasteiger partial charge < -0.3 is 11.1 Å². The van der Waals surface area contributed by atoms with E-state index in [0.717, 1.165) is 11.4 Å². The SMILES string of the molecule is Cc1cnc(CNc2nc(Cl)nc(C)c2N)cn1. The molecule has 2 aromatic heterocycles. The summed E-state index contributed by atoms with van der Waals surface area (Å²) in [5.41, 5.74) is 8.66. The molecule has 0 aliphatic heterocycles. The van der Waals surface area contributed by atoms with Gasteiger partial charge in [-0.1, -0.05) is 0 Å². The van der Waals surface area contributed by atoms with Crippen molar-refractivity contribution in [1.82, 2.24) is 19.9 Å². The van der Waals surface area contributed by atoms with Gasteiger partial charge in [0.15, 0.2) is 5.82 Å². The molecule has 0 fully saturated rings. The van der Waals surface area contributed by atoms with Crippen molar-refractivity contribution in [3.63, 3.8) is 0 Å². The molecule has 2 rings (SSSR count). The van der Waals surface area contributed by atoms with Crippen molar-refractivity contribution in [2.75, 3.05) is 11.1 Å². The van der Waals surface area contributed by atoms with Gasteiger partial charge in [0.05, 0.1) is 35.5 Å². The maximum absolute atomic E-state index is 5.86. The van der Waals surface area contributed by atoms with E-state index in [0.29, 0.717) is 23.7 Å². The van der Waals surface area contributed by atoms with E-state index >= 15 is 0 Å². The zero-order valence-corrected chi connectivity index (χ0v) is 10.9. The highest BCUT2D eigenvalue weighted by Crippen LogP contribution is 2.20. The van der Waals surface area contributed by atoms with E-state index in [2.05, 4.69) is 25.3 Å². The number of anilines is 2. The van der Waals surface area contributed by atoms with Crippen LogP contribution in [0.25, 0.3) is 0 Å². The summed E-state index contributed by atoms with van der Waals surface area (Å²) < 4.78 is 0. The van der Waals surface area contributed by atoms with Crippen LogP contribution in [0.3, 0.4) is 0 Å². The van der Waals surface area contributed by atoms with Crippen molar-refractivity contribution in [1.29, 1.82) is 0 Å². The fourth-order valence-electron chi connectivity index (χ4n) is 1.37. The Kier molecular flexibility index (Phi) is 3.57. The molecule has 18 heavy (non-hydrogen) atoms. The summed E-state index contributed by atoms with van der Waals surface area (Å²) in [7, 11) is 0. The highest BCUT2D eigenvalue weighted by molar-refractivity contribution is 6.28. The van der Waals surface area contributed by atoms with Crippen LogP contribution >= 0.6 is 11.6 Å². The van der Waals surface area contributed by atoms with Crippen molar-refractivity contribution in [2.24, 2.45) is 0 Å². The minimum absolute atomic E-state index is 0.166. The first-order chi connectivity index (χ1) is 8.56. The van der Waals surface area contributed by atoms with Crippen molar-refractivity contribution in [3.8, 4) is 0 Å². The van der Waals surface area contributed by atoms with Crippen LogP contribution in [-0.4, -0.2) is 19.9 Å². The Labute approximate surface area is 110 Å². The summed E-state index contributed by atoms with van der Waals surface area (Å²) in [6, 6.07) is 0. The molecule has 0 aliphatic carbocycles. The minimum Gasteiger partial charge on any atom is -0.394 e. The number of nitrogen functional groups attached to an aromatic ring is 1. The van der Waals surface area contributed by atoms with Gasteiger partial charge in [0, 0.05) is 6.20 Å². The van der Waals surface area contributed by atoms with Gasteiger partial charge in [-0.3, -0.25) is 9.97 Å². The van der Waals surface area contributed by atoms with Crippen molar-refractivity contribution < 1.29 is 0 Å². The molecule has 0 aromatic carbocycles. The molecule has 0 radical (unpaired) electrons. The van der Waals surface area contributed by atoms with Crippen molar-refractivity contribution in [3.05, 3.63) is 34.8 Å². The van der Waals surface area contributed by atoms with Crippen molar-refractivity contribution >= 4 is 23.1 Å². The lowest BCUT2D eigenvalue weighted by molar-refractivity contribution is 0.971. The summed E-state index contributed by atoms with van der Waals surface area (Å²) in [6.45, 7) is 4.14. The van der Waals surface area contributed by atoms with Crippen LogP contribution in [0, 0.1) is 13.8 Å². The molecule has 0 saturated carbocycles. The molecule has 0 aliphatic rings. The Morgan fingerprint density at radius 3 is 2.67 bits per heavy atom. The molecular weight excluding hydrogens is 252 g/mol. The Morgan fingerprint density at radius 1 is 1.22 bits per heavy atom. The van der Waals surface area contributed by atoms with E-state index in [-0.39, 0.29) is 5.28 Å². The number of hydrogen-bond donors (Lipinski definition) is 2. The van der Waals surface area contributed by atoms with Gasteiger partial charge in [0.1, 0.15) is 0 Å². The van der Waals surface area contributed by atoms with Crippen LogP contribution in [0.5, 0.6) is 0 Å². The third-order valence-electron chi connectivity index (χ3n) is 2.38. The average Bonchev–Trinajstić information content (AvgIpc) is 2.34. The first kappa shape index (κ1) is 12.5. The van der Waals surface area contributed by atoms with E-state index in [4.69, 9.17) is 17.3 Å². The number of aromatic nitrogens is 4. The lowest BCUT2D eigenvalue weighted by atomic mass is 10.3. The first-order valence-electron chi connectivity index (χ1n) is 5.37. The highest BCUT2D eigenvalue weighted by atomic mass is 35.5. The second-order valence-electron chi connectivity index (χ2n) is 3.84. The quantitative estimate of drug-likeness (QED) is 0.821. The monoisotopic (exact) mass is 264 g/mol. The zero-order chi connectivity index (χ0) is 13.1. The fraction of sp³-hybridized carbons (Fsp3) is 0.273. The normalized spacial score (nSPS) is 10.4. The molecule has 94 valence electrons. The second-order valence-corrected chi connectivity index (χ2v) is 4.18. The van der Waals surface area contributed by atoms with Gasteiger partial charge in [-0.2, -0.15) is 4.98 Å². The van der Waals surface area contributed by atoms with E-state index < -0.39 is 0 Å². The molecule has 0 bridgehead atoms. The van der Waals surface area contributed by atoms with Crippen LogP contribution in [0.15, 0.2) is 12.4 Å². The van der Waals surface area contributed by atoms with Crippen LogP contribution < -0.4 is 11.1 Å². The third-order valence-corrected chi connectivity index (χ3v) is 2.55. The maximum Gasteiger partial charge on any atom is 0.224 e. The molecule has 0 spiro atoms. The highest BCUT2D eigenvalue weighted by Gasteiger charge is 2.07. The summed E-state index contributed by atoms with van der Waals surface area (Å²) in [5.74, 6) is 0.509. The summed E-state index contributed by atoms with van der Waals surface area (Å²) >= 11 is 5.78. The molecule has 7 heteroatoms. The molecule has 2 aromatic rings. The van der Waals surface area contributed by atoms with E-state index in [1.807, 2.05) is 6.92 Å². The van der Waals surface area contributed by atoms with Crippen LogP contribution in [0.2, 0.25) is 5.28 Å². The number of aryl methyl sites for hydroxylation is 2. The molecule has 0 amide bonds. The van der Waals surface area contributed by atoms with E-state index in [1.165, 1.54) is 0 Å². The summed E-state index contributed by atoms with van der Waals surface area (Å²) in [4.78, 5) is 16.4. The standard InChI is InChI=1S/C11H13ClN6/c1-6-3-15-8(4-14-6)5-16-10-9(13)7(2)17-11(12)18-10/h3-4H,5,13H2,1-2H3,(H,16,17,18). The number of nitrogens with one attached hydrogen (secondary N) is 1. The number of hydrogen-bond acceptors (Lipinski definition) is 6. The Balaban J connectivity index is 2.13. The molecular formula is C11H13ClN6. The smallest absolute Gasteiger partial charge is 0.224 e. The zero-order valence-electron chi connectivity index (χ0n) is 10.1. The maximum atomic E-state index is 5.86. The van der Waals surface area contributed by atoms with Crippen LogP contribution in [0.1, 0.15) is 17.1 Å². The van der Waals surface area contributed by atoms with Crippen LogP contribution in [-0.2, 0) is 6.54 Å². The lowest BCUT2D eigenvalue weighted by Crippen LogP contribution is -2.08. The van der Waals surface area contributed by atoms with E-state index in [1.54, 1.807) is 19.3 Å². The Hall–Kier alpha value is -1.95. The first-order valence-corrected chi connectivity index (χ1v) is 5.75. The molecule has 0 saturated heterocycles. The largest absolute Gasteiger partial charge is 0.394 e. The topological polar surface area (TPSA) is 89.6 Å². The second kappa shape index (κ2) is 5.14. The fourth-order valence-corrected chi connectivity index (χ4v) is 1.58. The number of halogens is 1. The van der Waals surface area contributed by atoms with Gasteiger partial charge in [0.2, 0.25) is 5.28 Å². The van der Waals surface area contributed by atoms with Gasteiger partial charge in [-0.25, -0.2) is 4.98 Å². The number of rotatable bonds is 3. The summed E-state index contributed by atoms with van der Waals surface area (Å²) in [5, 5.41) is 3.23. The average molecular weight is 265 g/mol. The third kappa shape index (κ3) is 2.84. The lowest BCUT2D eigenvalue weighted by Gasteiger charge is -2.09. The summed E-state index contributed by atoms with van der Waals surface area (Å²) in [6.07, 6.45) is 3.41. The Morgan fingerprint density at radius 2 is 2.00 bits per heavy atom. The van der Waals surface area contributed by atoms with Crippen molar-refractivity contribution in [2.45, 2.75) is 20.4 Å².